The van der Waals surface area contributed by atoms with E-state index in [0.29, 0.717) is 25.8 Å². The monoisotopic (exact) mass is 232 g/mol. The molecule has 2 aliphatic rings. The minimum Gasteiger partial charge on any atom is -0.282 e. The average Bonchev–Trinajstić information content (AvgIpc) is 2.60. The number of fused-ring (bicyclic) bond motifs is 1. The Hall–Kier alpha value is -1.63. The minimum absolute atomic E-state index is 0.0127. The lowest BCUT2D eigenvalue weighted by atomic mass is 9.85. The van der Waals surface area contributed by atoms with Crippen LogP contribution < -0.4 is 0 Å². The second-order valence-electron chi connectivity index (χ2n) is 4.60. The number of hydrogen-bond acceptors (Lipinski definition) is 3. The molecule has 4 heteroatoms. The number of hydrogen-bond donors (Lipinski definition) is 0. The molecule has 2 rings (SSSR count). The Morgan fingerprint density at radius 3 is 2.29 bits per heavy atom. The van der Waals surface area contributed by atoms with Crippen molar-refractivity contribution in [2.45, 2.75) is 32.1 Å². The van der Waals surface area contributed by atoms with Crippen LogP contribution in [0.25, 0.3) is 0 Å². The van der Waals surface area contributed by atoms with E-state index in [0.717, 1.165) is 12.8 Å². The fourth-order valence-corrected chi connectivity index (χ4v) is 2.56. The summed E-state index contributed by atoms with van der Waals surface area (Å²) >= 11 is 0. The van der Waals surface area contributed by atoms with Gasteiger partial charge in [-0.25, -0.2) is 0 Å². The van der Waals surface area contributed by atoms with Crippen LogP contribution in [0.3, 0.4) is 0 Å². The van der Waals surface area contributed by atoms with Gasteiger partial charge in [0.25, 0.3) is 0 Å². The number of carbonyl (C=O) groups excluding carboxylic acids is 2. The molecule has 2 unspecified atom stereocenters. The number of nitrogens with zero attached hydrogens (tertiary/aromatic N) is 2. The van der Waals surface area contributed by atoms with Crippen LogP contribution in [0.2, 0.25) is 0 Å². The summed E-state index contributed by atoms with van der Waals surface area (Å²) in [6.45, 7) is 0.479. The van der Waals surface area contributed by atoms with Crippen molar-refractivity contribution in [3.63, 3.8) is 0 Å². The third-order valence-electron chi connectivity index (χ3n) is 3.52. The van der Waals surface area contributed by atoms with Crippen LogP contribution >= 0.6 is 0 Å². The van der Waals surface area contributed by atoms with Gasteiger partial charge in [0, 0.05) is 13.0 Å². The molecule has 0 bridgehead atoms. The van der Waals surface area contributed by atoms with Crippen LogP contribution in [0.4, 0.5) is 0 Å². The molecule has 0 radical (unpaired) electrons. The molecule has 1 aliphatic carbocycles. The van der Waals surface area contributed by atoms with E-state index >= 15 is 0 Å². The lowest BCUT2D eigenvalue weighted by molar-refractivity contribution is -0.139. The summed E-state index contributed by atoms with van der Waals surface area (Å²) in [6, 6.07) is 2.07. The molecule has 1 heterocycles. The zero-order valence-electron chi connectivity index (χ0n) is 9.76. The van der Waals surface area contributed by atoms with Gasteiger partial charge < -0.3 is 0 Å². The molecule has 1 fully saturated rings. The maximum atomic E-state index is 12.0. The van der Waals surface area contributed by atoms with Crippen LogP contribution in [0.1, 0.15) is 32.1 Å². The first kappa shape index (κ1) is 11.8. The highest BCUT2D eigenvalue weighted by molar-refractivity contribution is 6.05. The zero-order valence-corrected chi connectivity index (χ0v) is 9.76. The fraction of sp³-hybridized carbons (Fsp3) is 0.615. The van der Waals surface area contributed by atoms with E-state index in [1.165, 1.54) is 4.90 Å². The first-order valence-corrected chi connectivity index (χ1v) is 6.13. The van der Waals surface area contributed by atoms with Crippen molar-refractivity contribution in [2.24, 2.45) is 11.8 Å². The van der Waals surface area contributed by atoms with Crippen molar-refractivity contribution in [1.82, 2.24) is 4.90 Å². The van der Waals surface area contributed by atoms with Gasteiger partial charge in [-0.15, -0.1) is 0 Å². The van der Waals surface area contributed by atoms with Crippen LogP contribution in [0.5, 0.6) is 0 Å². The highest BCUT2D eigenvalue weighted by Crippen LogP contribution is 2.35. The molecule has 17 heavy (non-hydrogen) atoms. The predicted octanol–water partition coefficient (Wildman–Crippen LogP) is 1.63. The fourth-order valence-electron chi connectivity index (χ4n) is 2.56. The first-order valence-electron chi connectivity index (χ1n) is 6.13. The summed E-state index contributed by atoms with van der Waals surface area (Å²) in [5.41, 5.74) is 0. The van der Waals surface area contributed by atoms with Crippen molar-refractivity contribution >= 4 is 11.8 Å². The van der Waals surface area contributed by atoms with Gasteiger partial charge in [0.15, 0.2) is 0 Å². The van der Waals surface area contributed by atoms with Gasteiger partial charge in [-0.2, -0.15) is 5.26 Å². The van der Waals surface area contributed by atoms with E-state index in [1.54, 1.807) is 0 Å². The van der Waals surface area contributed by atoms with Gasteiger partial charge in [-0.05, 0) is 25.7 Å². The quantitative estimate of drug-likeness (QED) is 0.420. The molecule has 2 atom stereocenters. The van der Waals surface area contributed by atoms with Gasteiger partial charge in [-0.1, -0.05) is 12.2 Å². The molecule has 0 N–H and O–H groups in total. The van der Waals surface area contributed by atoms with E-state index in [9.17, 15) is 9.59 Å². The number of imide groups is 1. The summed E-state index contributed by atoms with van der Waals surface area (Å²) in [5.74, 6) is -0.269. The van der Waals surface area contributed by atoms with Gasteiger partial charge in [0.1, 0.15) is 0 Å². The Balaban J connectivity index is 1.94. The SMILES string of the molecule is N#CCCCCN1C(=O)C2CC=CCC2C1=O. The van der Waals surface area contributed by atoms with E-state index in [1.807, 2.05) is 12.2 Å². The molecule has 1 saturated heterocycles. The molecule has 0 saturated carbocycles. The second-order valence-corrected chi connectivity index (χ2v) is 4.60. The molecular weight excluding hydrogens is 216 g/mol. The third-order valence-corrected chi connectivity index (χ3v) is 3.52. The Kier molecular flexibility index (Phi) is 3.58. The van der Waals surface area contributed by atoms with Crippen LogP contribution in [0.15, 0.2) is 12.2 Å². The smallest absolute Gasteiger partial charge is 0.233 e. The van der Waals surface area contributed by atoms with Crippen molar-refractivity contribution < 1.29 is 9.59 Å². The van der Waals surface area contributed by atoms with E-state index in [4.69, 9.17) is 5.26 Å². The number of carbonyl (C=O) groups is 2. The Morgan fingerprint density at radius 2 is 1.76 bits per heavy atom. The lowest BCUT2D eigenvalue weighted by Crippen LogP contribution is -2.32. The zero-order chi connectivity index (χ0) is 12.3. The molecule has 1 aliphatic heterocycles. The standard InChI is InChI=1S/C13H16N2O2/c14-8-4-1-5-9-15-12(16)10-6-2-3-7-11(10)13(15)17/h2-3,10-11H,1,4-7,9H2. The van der Waals surface area contributed by atoms with E-state index < -0.39 is 0 Å². The van der Waals surface area contributed by atoms with E-state index in [-0.39, 0.29) is 23.7 Å². The lowest BCUT2D eigenvalue weighted by Gasteiger charge is -2.14. The van der Waals surface area contributed by atoms with E-state index in [2.05, 4.69) is 6.07 Å². The normalized spacial score (nSPS) is 27.1. The highest BCUT2D eigenvalue weighted by Gasteiger charge is 2.46. The molecule has 90 valence electrons. The number of unbranched alkanes of at least 4 members (excludes halogenated alkanes) is 2. The van der Waals surface area contributed by atoms with Gasteiger partial charge in [0.2, 0.25) is 11.8 Å². The summed E-state index contributed by atoms with van der Waals surface area (Å²) in [6.07, 6.45) is 7.36. The molecule has 0 aromatic heterocycles. The number of likely N-dealkylation sites (tertiary alicyclic amines) is 1. The molecule has 2 amide bonds. The number of rotatable bonds is 4. The van der Waals surface area contributed by atoms with Crippen LogP contribution in [-0.4, -0.2) is 23.3 Å². The summed E-state index contributed by atoms with van der Waals surface area (Å²) in [4.78, 5) is 25.4. The molecule has 4 nitrogen and oxygen atoms in total. The molecule has 0 spiro atoms. The van der Waals surface area contributed by atoms with Gasteiger partial charge >= 0.3 is 0 Å². The third kappa shape index (κ3) is 2.23. The maximum absolute atomic E-state index is 12.0. The summed E-state index contributed by atoms with van der Waals surface area (Å²) < 4.78 is 0. The Labute approximate surface area is 101 Å². The second kappa shape index (κ2) is 5.13. The van der Waals surface area contributed by atoms with Crippen molar-refractivity contribution in [3.05, 3.63) is 12.2 Å². The average molecular weight is 232 g/mol. The van der Waals surface area contributed by atoms with Gasteiger partial charge in [-0.3, -0.25) is 14.5 Å². The van der Waals surface area contributed by atoms with Crippen molar-refractivity contribution in [3.8, 4) is 6.07 Å². The molecule has 0 aromatic rings. The summed E-state index contributed by atoms with van der Waals surface area (Å²) in [7, 11) is 0. The Bertz CT molecular complexity index is 369. The van der Waals surface area contributed by atoms with Crippen LogP contribution in [-0.2, 0) is 9.59 Å². The van der Waals surface area contributed by atoms with Gasteiger partial charge in [0.05, 0.1) is 17.9 Å². The predicted molar refractivity (Wildman–Crippen MR) is 61.5 cm³/mol. The number of allylic oxidation sites excluding steroid dienone is 2. The molecular formula is C13H16N2O2. The highest BCUT2D eigenvalue weighted by atomic mass is 16.2. The van der Waals surface area contributed by atoms with Crippen LogP contribution in [0, 0.1) is 23.2 Å². The number of amides is 2. The largest absolute Gasteiger partial charge is 0.282 e. The molecule has 0 aromatic carbocycles. The number of nitriles is 1. The van der Waals surface area contributed by atoms with Crippen molar-refractivity contribution in [1.29, 1.82) is 5.26 Å². The summed E-state index contributed by atoms with van der Waals surface area (Å²) in [5, 5.41) is 8.42. The topological polar surface area (TPSA) is 61.2 Å². The minimum atomic E-state index is -0.122. The Morgan fingerprint density at radius 1 is 1.18 bits per heavy atom. The van der Waals surface area contributed by atoms with Crippen molar-refractivity contribution in [2.75, 3.05) is 6.54 Å². The first-order chi connectivity index (χ1) is 8.25. The maximum Gasteiger partial charge on any atom is 0.233 e.